The van der Waals surface area contributed by atoms with Crippen molar-refractivity contribution in [3.05, 3.63) is 28.2 Å². The quantitative estimate of drug-likeness (QED) is 0.709. The first-order valence-electron chi connectivity index (χ1n) is 8.90. The minimum Gasteiger partial charge on any atom is -0.496 e. The highest BCUT2D eigenvalue weighted by atomic mass is 79.9. The number of nitrogens with zero attached hydrogens (tertiary/aromatic N) is 1. The van der Waals surface area contributed by atoms with Crippen LogP contribution in [0.5, 0.6) is 5.75 Å². The number of carbonyl (C=O) groups is 2. The molecule has 0 unspecified atom stereocenters. The molecule has 3 rings (SSSR count). The number of amides is 1. The smallest absolute Gasteiger partial charge is 0.338 e. The lowest BCUT2D eigenvalue weighted by atomic mass is 9.78. The van der Waals surface area contributed by atoms with Crippen molar-refractivity contribution in [1.82, 2.24) is 4.90 Å². The SMILES string of the molecule is COc1ccc(C(=O)OCC(=O)N2CCC[C@@H]3CCCC[C@@H]32)cc1Br. The molecule has 1 saturated carbocycles. The van der Waals surface area contributed by atoms with Gasteiger partial charge in [-0.2, -0.15) is 0 Å². The zero-order valence-electron chi connectivity index (χ0n) is 14.5. The van der Waals surface area contributed by atoms with Gasteiger partial charge in [-0.15, -0.1) is 0 Å². The van der Waals surface area contributed by atoms with E-state index in [1.807, 2.05) is 4.90 Å². The van der Waals surface area contributed by atoms with Gasteiger partial charge >= 0.3 is 5.97 Å². The van der Waals surface area contributed by atoms with Crippen LogP contribution >= 0.6 is 15.9 Å². The number of ether oxygens (including phenoxy) is 2. The van der Waals surface area contributed by atoms with Crippen molar-refractivity contribution in [2.75, 3.05) is 20.3 Å². The van der Waals surface area contributed by atoms with Gasteiger partial charge in [-0.3, -0.25) is 4.79 Å². The van der Waals surface area contributed by atoms with Crippen LogP contribution in [0.25, 0.3) is 0 Å². The van der Waals surface area contributed by atoms with Crippen LogP contribution in [0.4, 0.5) is 0 Å². The molecule has 1 saturated heterocycles. The number of hydrogen-bond donors (Lipinski definition) is 0. The number of rotatable bonds is 4. The predicted molar refractivity (Wildman–Crippen MR) is 97.7 cm³/mol. The zero-order valence-corrected chi connectivity index (χ0v) is 16.1. The Morgan fingerprint density at radius 1 is 1.20 bits per heavy atom. The largest absolute Gasteiger partial charge is 0.496 e. The van der Waals surface area contributed by atoms with Crippen LogP contribution in [-0.4, -0.2) is 43.1 Å². The third-order valence-corrected chi connectivity index (χ3v) is 5.90. The Morgan fingerprint density at radius 3 is 2.72 bits per heavy atom. The number of fused-ring (bicyclic) bond motifs is 1. The molecular weight excluding hydrogens is 386 g/mol. The monoisotopic (exact) mass is 409 g/mol. The molecule has 2 atom stereocenters. The van der Waals surface area contributed by atoms with Crippen LogP contribution in [0.15, 0.2) is 22.7 Å². The molecule has 0 radical (unpaired) electrons. The molecule has 0 spiro atoms. The summed E-state index contributed by atoms with van der Waals surface area (Å²) in [6.45, 7) is 0.595. The van der Waals surface area contributed by atoms with E-state index in [2.05, 4.69) is 15.9 Å². The average Bonchev–Trinajstić information content (AvgIpc) is 2.65. The summed E-state index contributed by atoms with van der Waals surface area (Å²) in [6.07, 6.45) is 7.01. The van der Waals surface area contributed by atoms with Crippen molar-refractivity contribution in [1.29, 1.82) is 0 Å². The molecule has 0 N–H and O–H groups in total. The van der Waals surface area contributed by atoms with Gasteiger partial charge in [0.1, 0.15) is 5.75 Å². The standard InChI is InChI=1S/C19H24BrNO4/c1-24-17-9-8-14(11-15(17)20)19(23)25-12-18(22)21-10-4-6-13-5-2-3-7-16(13)21/h8-9,11,13,16H,2-7,10,12H2,1H3/t13-,16-/m0/s1. The van der Waals surface area contributed by atoms with Crippen LogP contribution in [0, 0.1) is 5.92 Å². The third-order valence-electron chi connectivity index (χ3n) is 5.28. The highest BCUT2D eigenvalue weighted by Crippen LogP contribution is 2.35. The molecule has 1 aromatic rings. The first-order valence-corrected chi connectivity index (χ1v) is 9.69. The lowest BCUT2D eigenvalue weighted by Gasteiger charge is -2.44. The Hall–Kier alpha value is -1.56. The van der Waals surface area contributed by atoms with Gasteiger partial charge < -0.3 is 14.4 Å². The second-order valence-corrected chi connectivity index (χ2v) is 7.62. The number of hydrogen-bond acceptors (Lipinski definition) is 4. The molecule has 1 aliphatic heterocycles. The number of benzene rings is 1. The maximum absolute atomic E-state index is 12.6. The molecule has 2 fully saturated rings. The molecule has 1 heterocycles. The van der Waals surface area contributed by atoms with Gasteiger partial charge in [-0.1, -0.05) is 12.8 Å². The normalized spacial score (nSPS) is 22.9. The van der Waals surface area contributed by atoms with Gasteiger partial charge in [-0.25, -0.2) is 4.79 Å². The number of piperidine rings is 1. The summed E-state index contributed by atoms with van der Waals surface area (Å²) in [5.41, 5.74) is 0.398. The molecule has 0 aromatic heterocycles. The van der Waals surface area contributed by atoms with E-state index in [-0.39, 0.29) is 12.5 Å². The summed E-state index contributed by atoms with van der Waals surface area (Å²) >= 11 is 3.35. The fourth-order valence-corrected chi connectivity index (χ4v) is 4.56. The lowest BCUT2D eigenvalue weighted by Crippen LogP contribution is -2.50. The predicted octanol–water partition coefficient (Wildman–Crippen LogP) is 3.80. The van der Waals surface area contributed by atoms with Gasteiger partial charge in [0.25, 0.3) is 5.91 Å². The minimum atomic E-state index is -0.492. The minimum absolute atomic E-state index is 0.0717. The van der Waals surface area contributed by atoms with E-state index in [1.165, 1.54) is 25.7 Å². The van der Waals surface area contributed by atoms with E-state index in [0.29, 0.717) is 27.7 Å². The van der Waals surface area contributed by atoms with E-state index < -0.39 is 5.97 Å². The fraction of sp³-hybridized carbons (Fsp3) is 0.579. The van der Waals surface area contributed by atoms with Gasteiger partial charge in [0.15, 0.2) is 6.61 Å². The first kappa shape index (κ1) is 18.2. The Balaban J connectivity index is 1.58. The fourth-order valence-electron chi connectivity index (χ4n) is 4.02. The van der Waals surface area contributed by atoms with Gasteiger partial charge in [-0.05, 0) is 65.7 Å². The lowest BCUT2D eigenvalue weighted by molar-refractivity contribution is -0.140. The van der Waals surface area contributed by atoms with E-state index in [0.717, 1.165) is 19.4 Å². The molecule has 5 nitrogen and oxygen atoms in total. The van der Waals surface area contributed by atoms with Crippen molar-refractivity contribution < 1.29 is 19.1 Å². The number of esters is 1. The van der Waals surface area contributed by atoms with Crippen LogP contribution < -0.4 is 4.74 Å². The number of halogens is 1. The van der Waals surface area contributed by atoms with Gasteiger partial charge in [0, 0.05) is 12.6 Å². The average molecular weight is 410 g/mol. The molecular formula is C19H24BrNO4. The van der Waals surface area contributed by atoms with Crippen LogP contribution in [0.1, 0.15) is 48.9 Å². The van der Waals surface area contributed by atoms with Crippen LogP contribution in [0.3, 0.4) is 0 Å². The Bertz CT molecular complexity index is 646. The second-order valence-electron chi connectivity index (χ2n) is 6.77. The molecule has 2 aliphatic rings. The number of carbonyl (C=O) groups excluding carboxylic acids is 2. The topological polar surface area (TPSA) is 55.8 Å². The van der Waals surface area contributed by atoms with Crippen molar-refractivity contribution in [3.63, 3.8) is 0 Å². The Labute approximate surface area is 156 Å². The molecule has 1 aromatic carbocycles. The van der Waals surface area contributed by atoms with Crippen molar-refractivity contribution >= 4 is 27.8 Å². The van der Waals surface area contributed by atoms with Gasteiger partial charge in [0.2, 0.25) is 0 Å². The van der Waals surface area contributed by atoms with E-state index in [9.17, 15) is 9.59 Å². The summed E-state index contributed by atoms with van der Waals surface area (Å²) in [7, 11) is 1.56. The van der Waals surface area contributed by atoms with E-state index in [1.54, 1.807) is 25.3 Å². The maximum Gasteiger partial charge on any atom is 0.338 e. The molecule has 0 bridgehead atoms. The van der Waals surface area contributed by atoms with E-state index in [4.69, 9.17) is 9.47 Å². The molecule has 136 valence electrons. The summed E-state index contributed by atoms with van der Waals surface area (Å²) in [5.74, 6) is 0.704. The number of likely N-dealkylation sites (tertiary alicyclic amines) is 1. The highest BCUT2D eigenvalue weighted by molar-refractivity contribution is 9.10. The number of methoxy groups -OCH3 is 1. The molecule has 1 aliphatic carbocycles. The third kappa shape index (κ3) is 4.17. The summed E-state index contributed by atoms with van der Waals surface area (Å²) in [5, 5.41) is 0. The highest BCUT2D eigenvalue weighted by Gasteiger charge is 2.35. The van der Waals surface area contributed by atoms with Crippen LogP contribution in [0.2, 0.25) is 0 Å². The van der Waals surface area contributed by atoms with Crippen LogP contribution in [-0.2, 0) is 9.53 Å². The summed E-state index contributed by atoms with van der Waals surface area (Å²) in [4.78, 5) is 26.7. The molecule has 1 amide bonds. The Morgan fingerprint density at radius 2 is 1.96 bits per heavy atom. The molecule has 6 heteroatoms. The van der Waals surface area contributed by atoms with Crippen molar-refractivity contribution in [2.24, 2.45) is 5.92 Å². The summed E-state index contributed by atoms with van der Waals surface area (Å²) < 4.78 is 11.1. The first-order chi connectivity index (χ1) is 12.1. The van der Waals surface area contributed by atoms with Crippen molar-refractivity contribution in [3.8, 4) is 5.75 Å². The van der Waals surface area contributed by atoms with E-state index >= 15 is 0 Å². The Kier molecular flexibility index (Phi) is 5.99. The molecule has 25 heavy (non-hydrogen) atoms. The van der Waals surface area contributed by atoms with Gasteiger partial charge in [0.05, 0.1) is 17.1 Å². The zero-order chi connectivity index (χ0) is 17.8. The second kappa shape index (κ2) is 8.21. The van der Waals surface area contributed by atoms with Crippen molar-refractivity contribution in [2.45, 2.75) is 44.6 Å². The summed E-state index contributed by atoms with van der Waals surface area (Å²) in [6, 6.07) is 5.31. The maximum atomic E-state index is 12.6.